The highest BCUT2D eigenvalue weighted by molar-refractivity contribution is 8.13. The molecular weight excluding hydrogens is 284 g/mol. The van der Waals surface area contributed by atoms with Gasteiger partial charge >= 0.3 is 0 Å². The standard InChI is InChI=1S/C16H22N2O2S/c1-16(2,9-8-15(19)21-4)18(3)11-12-20-13-14-7-5-6-10-17-14/h5-7,10H,11-13H2,1-4H3. The van der Waals surface area contributed by atoms with Crippen molar-refractivity contribution in [3.05, 3.63) is 30.1 Å². The zero-order chi connectivity index (χ0) is 15.7. The zero-order valence-corrected chi connectivity index (χ0v) is 13.9. The van der Waals surface area contributed by atoms with Gasteiger partial charge in [0.25, 0.3) is 5.12 Å². The van der Waals surface area contributed by atoms with E-state index in [1.165, 1.54) is 0 Å². The molecule has 0 fully saturated rings. The molecule has 0 saturated heterocycles. The highest BCUT2D eigenvalue weighted by atomic mass is 32.2. The molecule has 21 heavy (non-hydrogen) atoms. The molecule has 0 aromatic carbocycles. The average Bonchev–Trinajstić information content (AvgIpc) is 2.50. The first-order valence-corrected chi connectivity index (χ1v) is 7.98. The van der Waals surface area contributed by atoms with Gasteiger partial charge in [0, 0.05) is 12.7 Å². The Morgan fingerprint density at radius 2 is 2.24 bits per heavy atom. The molecule has 5 heteroatoms. The summed E-state index contributed by atoms with van der Waals surface area (Å²) in [6, 6.07) is 5.76. The van der Waals surface area contributed by atoms with Crippen LogP contribution in [0.4, 0.5) is 0 Å². The summed E-state index contributed by atoms with van der Waals surface area (Å²) in [6.45, 7) is 5.82. The molecule has 0 amide bonds. The number of carbonyl (C=O) groups is 1. The molecule has 0 aliphatic rings. The van der Waals surface area contributed by atoms with E-state index in [0.717, 1.165) is 24.0 Å². The molecule has 1 heterocycles. The number of aromatic nitrogens is 1. The number of ether oxygens (including phenoxy) is 1. The summed E-state index contributed by atoms with van der Waals surface area (Å²) in [7, 11) is 1.97. The molecule has 0 unspecified atom stereocenters. The lowest BCUT2D eigenvalue weighted by atomic mass is 10.0. The molecule has 0 saturated carbocycles. The van der Waals surface area contributed by atoms with E-state index >= 15 is 0 Å². The lowest BCUT2D eigenvalue weighted by molar-refractivity contribution is -0.106. The smallest absolute Gasteiger partial charge is 0.262 e. The van der Waals surface area contributed by atoms with Crippen LogP contribution in [0.3, 0.4) is 0 Å². The van der Waals surface area contributed by atoms with E-state index in [9.17, 15) is 4.79 Å². The van der Waals surface area contributed by atoms with Crippen LogP contribution in [-0.4, -0.2) is 47.0 Å². The second kappa shape index (κ2) is 8.83. The molecule has 0 aliphatic heterocycles. The molecule has 0 atom stereocenters. The Balaban J connectivity index is 2.36. The van der Waals surface area contributed by atoms with Gasteiger partial charge in [0.05, 0.1) is 24.4 Å². The molecule has 114 valence electrons. The number of hydrogen-bond donors (Lipinski definition) is 0. The zero-order valence-electron chi connectivity index (χ0n) is 13.0. The van der Waals surface area contributed by atoms with Gasteiger partial charge in [0.2, 0.25) is 0 Å². The molecule has 1 aromatic heterocycles. The fourth-order valence-electron chi connectivity index (χ4n) is 1.49. The SMILES string of the molecule is CSC(=O)C#CC(C)(C)N(C)CCOCc1ccccn1. The number of nitrogens with zero attached hydrogens (tertiary/aromatic N) is 2. The van der Waals surface area contributed by atoms with E-state index in [4.69, 9.17) is 4.74 Å². The van der Waals surface area contributed by atoms with Gasteiger partial charge in [-0.3, -0.25) is 14.7 Å². The summed E-state index contributed by atoms with van der Waals surface area (Å²) in [5.74, 6) is 5.66. The van der Waals surface area contributed by atoms with Crippen molar-refractivity contribution < 1.29 is 9.53 Å². The normalized spacial score (nSPS) is 11.1. The topological polar surface area (TPSA) is 42.4 Å². The Bertz CT molecular complexity index is 506. The Labute approximate surface area is 131 Å². The van der Waals surface area contributed by atoms with Crippen molar-refractivity contribution in [2.24, 2.45) is 0 Å². The van der Waals surface area contributed by atoms with Gasteiger partial charge in [-0.05, 0) is 45.2 Å². The van der Waals surface area contributed by atoms with Crippen LogP contribution in [0.25, 0.3) is 0 Å². The van der Waals surface area contributed by atoms with Crippen LogP contribution in [0, 0.1) is 11.8 Å². The molecule has 0 radical (unpaired) electrons. The van der Waals surface area contributed by atoms with Gasteiger partial charge in [-0.25, -0.2) is 0 Å². The Morgan fingerprint density at radius 1 is 1.48 bits per heavy atom. The maximum Gasteiger partial charge on any atom is 0.262 e. The summed E-state index contributed by atoms with van der Waals surface area (Å²) in [5, 5.41) is -0.108. The molecule has 1 rings (SSSR count). The fourth-order valence-corrected chi connectivity index (χ4v) is 1.64. The molecule has 0 aliphatic carbocycles. The highest BCUT2D eigenvalue weighted by Crippen LogP contribution is 2.10. The van der Waals surface area contributed by atoms with Gasteiger partial charge in [-0.15, -0.1) is 0 Å². The third-order valence-electron chi connectivity index (χ3n) is 3.16. The van der Waals surface area contributed by atoms with Gasteiger partial charge in [0.1, 0.15) is 0 Å². The van der Waals surface area contributed by atoms with E-state index in [2.05, 4.69) is 21.7 Å². The van der Waals surface area contributed by atoms with Gasteiger partial charge in [-0.2, -0.15) is 0 Å². The third kappa shape index (κ3) is 6.76. The summed E-state index contributed by atoms with van der Waals surface area (Å²) in [5.41, 5.74) is 0.560. The first kappa shape index (κ1) is 17.7. The summed E-state index contributed by atoms with van der Waals surface area (Å²) in [6.07, 6.45) is 3.49. The fraction of sp³-hybridized carbons (Fsp3) is 0.500. The first-order chi connectivity index (χ1) is 9.95. The minimum absolute atomic E-state index is 0.108. The number of thioether (sulfide) groups is 1. The van der Waals surface area contributed by atoms with E-state index < -0.39 is 0 Å². The number of likely N-dealkylation sites (N-methyl/N-ethyl adjacent to an activating group) is 1. The minimum Gasteiger partial charge on any atom is -0.374 e. The molecule has 4 nitrogen and oxygen atoms in total. The van der Waals surface area contributed by atoms with Crippen LogP contribution in [0.2, 0.25) is 0 Å². The molecule has 0 spiro atoms. The Hall–Kier alpha value is -1.35. The second-order valence-corrected chi connectivity index (χ2v) is 5.87. The van der Waals surface area contributed by atoms with Crippen molar-refractivity contribution in [3.8, 4) is 11.8 Å². The minimum atomic E-state index is -0.361. The van der Waals surface area contributed by atoms with Crippen molar-refractivity contribution >= 4 is 16.9 Å². The van der Waals surface area contributed by atoms with Crippen molar-refractivity contribution in [1.29, 1.82) is 0 Å². The Morgan fingerprint density at radius 3 is 2.86 bits per heavy atom. The summed E-state index contributed by atoms with van der Waals surface area (Å²) >= 11 is 1.13. The monoisotopic (exact) mass is 306 g/mol. The van der Waals surface area contributed by atoms with Crippen LogP contribution >= 0.6 is 11.8 Å². The van der Waals surface area contributed by atoms with Crippen molar-refractivity contribution in [2.75, 3.05) is 26.5 Å². The summed E-state index contributed by atoms with van der Waals surface area (Å²) in [4.78, 5) is 17.5. The quantitative estimate of drug-likeness (QED) is 0.595. The number of pyridine rings is 1. The lowest BCUT2D eigenvalue weighted by Crippen LogP contribution is -2.41. The molecular formula is C16H22N2O2S. The molecule has 1 aromatic rings. The highest BCUT2D eigenvalue weighted by Gasteiger charge is 2.20. The number of rotatable bonds is 6. The predicted molar refractivity (Wildman–Crippen MR) is 86.9 cm³/mol. The number of carbonyl (C=O) groups excluding carboxylic acids is 1. The van der Waals surface area contributed by atoms with Crippen LogP contribution in [0.1, 0.15) is 19.5 Å². The number of hydrogen-bond acceptors (Lipinski definition) is 5. The van der Waals surface area contributed by atoms with Crippen molar-refractivity contribution in [1.82, 2.24) is 9.88 Å². The predicted octanol–water partition coefficient (Wildman–Crippen LogP) is 2.20. The van der Waals surface area contributed by atoms with Crippen molar-refractivity contribution in [3.63, 3.8) is 0 Å². The van der Waals surface area contributed by atoms with E-state index in [1.807, 2.05) is 39.1 Å². The van der Waals surface area contributed by atoms with E-state index in [-0.39, 0.29) is 10.7 Å². The largest absolute Gasteiger partial charge is 0.374 e. The Kier molecular flexibility index (Phi) is 7.44. The third-order valence-corrected chi connectivity index (χ3v) is 3.63. The molecule has 0 bridgehead atoms. The van der Waals surface area contributed by atoms with Crippen molar-refractivity contribution in [2.45, 2.75) is 26.0 Å². The lowest BCUT2D eigenvalue weighted by Gasteiger charge is -2.30. The van der Waals surface area contributed by atoms with Crippen LogP contribution in [0.15, 0.2) is 24.4 Å². The van der Waals surface area contributed by atoms with Crippen LogP contribution in [-0.2, 0) is 16.1 Å². The second-order valence-electron chi connectivity index (χ2n) is 5.10. The first-order valence-electron chi connectivity index (χ1n) is 6.75. The molecule has 0 N–H and O–H groups in total. The van der Waals surface area contributed by atoms with E-state index in [0.29, 0.717) is 13.2 Å². The van der Waals surface area contributed by atoms with Gasteiger partial charge in [0.15, 0.2) is 0 Å². The van der Waals surface area contributed by atoms with E-state index in [1.54, 1.807) is 12.5 Å². The van der Waals surface area contributed by atoms with Gasteiger partial charge < -0.3 is 4.74 Å². The summed E-state index contributed by atoms with van der Waals surface area (Å²) < 4.78 is 5.61. The van der Waals surface area contributed by atoms with Crippen LogP contribution < -0.4 is 0 Å². The average molecular weight is 306 g/mol. The van der Waals surface area contributed by atoms with Crippen LogP contribution in [0.5, 0.6) is 0 Å². The van der Waals surface area contributed by atoms with Gasteiger partial charge in [-0.1, -0.05) is 23.7 Å². The maximum absolute atomic E-state index is 11.2. The maximum atomic E-state index is 11.2.